The number of hydrogen-bond acceptors (Lipinski definition) is 5. The fourth-order valence-corrected chi connectivity index (χ4v) is 2.30. The summed E-state index contributed by atoms with van der Waals surface area (Å²) in [7, 11) is 0. The number of ether oxygens (including phenoxy) is 1. The van der Waals surface area contributed by atoms with Crippen molar-refractivity contribution in [3.8, 4) is 11.6 Å². The molecule has 2 heterocycles. The van der Waals surface area contributed by atoms with Gasteiger partial charge in [-0.1, -0.05) is 12.1 Å². The van der Waals surface area contributed by atoms with E-state index < -0.39 is 12.8 Å². The van der Waals surface area contributed by atoms with Crippen LogP contribution in [0.5, 0.6) is 5.88 Å². The van der Waals surface area contributed by atoms with Crippen molar-refractivity contribution >= 4 is 5.69 Å². The predicted octanol–water partition coefficient (Wildman–Crippen LogP) is 3.78. The first-order chi connectivity index (χ1) is 12.4. The molecule has 0 fully saturated rings. The molecule has 2 aromatic heterocycles. The van der Waals surface area contributed by atoms with Crippen molar-refractivity contribution in [1.82, 2.24) is 19.7 Å². The molecule has 0 amide bonds. The van der Waals surface area contributed by atoms with Crippen LogP contribution in [0.15, 0.2) is 55.2 Å². The predicted molar refractivity (Wildman–Crippen MR) is 89.2 cm³/mol. The summed E-state index contributed by atoms with van der Waals surface area (Å²) in [6.07, 6.45) is 0.134. The number of anilines is 1. The maximum atomic E-state index is 12.1. The molecule has 0 spiro atoms. The van der Waals surface area contributed by atoms with Gasteiger partial charge in [-0.05, 0) is 30.7 Å². The summed E-state index contributed by atoms with van der Waals surface area (Å²) >= 11 is 0. The Morgan fingerprint density at radius 1 is 1.15 bits per heavy atom. The van der Waals surface area contributed by atoms with Crippen molar-refractivity contribution in [2.75, 3.05) is 11.9 Å². The number of aromatic nitrogens is 4. The highest BCUT2D eigenvalue weighted by Gasteiger charge is 2.28. The van der Waals surface area contributed by atoms with Gasteiger partial charge in [0.25, 0.3) is 0 Å². The van der Waals surface area contributed by atoms with Crippen LogP contribution in [-0.2, 0) is 0 Å². The lowest BCUT2D eigenvalue weighted by Crippen LogP contribution is -2.19. The Labute approximate surface area is 147 Å². The molecule has 3 aromatic rings. The SMILES string of the molecule is CC(Nc1ccc(OCC(F)(F)F)nc1)c1ccc(-n2cncn2)cc1. The summed E-state index contributed by atoms with van der Waals surface area (Å²) < 4.78 is 42.6. The molecule has 0 saturated carbocycles. The standard InChI is InChI=1S/C17H16F3N5O/c1-12(13-2-5-15(6-3-13)25-11-21-10-23-25)24-14-4-7-16(22-8-14)26-9-17(18,19)20/h2-8,10-12,24H,9H2,1H3. The lowest BCUT2D eigenvalue weighted by Gasteiger charge is -2.16. The van der Waals surface area contributed by atoms with E-state index >= 15 is 0 Å². The minimum absolute atomic E-state index is 0.0245. The van der Waals surface area contributed by atoms with Gasteiger partial charge in [0, 0.05) is 12.1 Å². The molecular formula is C17H16F3N5O. The van der Waals surface area contributed by atoms with Crippen LogP contribution in [0.25, 0.3) is 5.69 Å². The highest BCUT2D eigenvalue weighted by molar-refractivity contribution is 5.45. The van der Waals surface area contributed by atoms with E-state index in [0.29, 0.717) is 5.69 Å². The van der Waals surface area contributed by atoms with Crippen molar-refractivity contribution in [1.29, 1.82) is 0 Å². The molecular weight excluding hydrogens is 347 g/mol. The molecule has 0 aliphatic rings. The molecule has 3 rings (SSSR count). The summed E-state index contributed by atoms with van der Waals surface area (Å²) in [6, 6.07) is 10.8. The Balaban J connectivity index is 1.60. The van der Waals surface area contributed by atoms with E-state index in [-0.39, 0.29) is 11.9 Å². The molecule has 1 N–H and O–H groups in total. The first-order valence-electron chi connectivity index (χ1n) is 7.78. The minimum atomic E-state index is -4.38. The normalized spacial score (nSPS) is 12.6. The average molecular weight is 363 g/mol. The Hall–Kier alpha value is -3.10. The topological polar surface area (TPSA) is 64.9 Å². The first-order valence-corrected chi connectivity index (χ1v) is 7.78. The van der Waals surface area contributed by atoms with Crippen LogP contribution >= 0.6 is 0 Å². The molecule has 6 nitrogen and oxygen atoms in total. The number of alkyl halides is 3. The van der Waals surface area contributed by atoms with Crippen LogP contribution in [0.2, 0.25) is 0 Å². The monoisotopic (exact) mass is 363 g/mol. The van der Waals surface area contributed by atoms with E-state index in [1.807, 2.05) is 31.2 Å². The Morgan fingerprint density at radius 2 is 1.92 bits per heavy atom. The van der Waals surface area contributed by atoms with Crippen molar-refractivity contribution in [3.05, 3.63) is 60.8 Å². The fraction of sp³-hybridized carbons (Fsp3) is 0.235. The highest BCUT2D eigenvalue weighted by atomic mass is 19.4. The Morgan fingerprint density at radius 3 is 2.50 bits per heavy atom. The maximum Gasteiger partial charge on any atom is 0.422 e. The molecule has 0 bridgehead atoms. The number of benzene rings is 1. The molecule has 1 atom stereocenters. The molecule has 136 valence electrons. The smallest absolute Gasteiger partial charge is 0.422 e. The fourth-order valence-electron chi connectivity index (χ4n) is 2.30. The van der Waals surface area contributed by atoms with Crippen molar-refractivity contribution < 1.29 is 17.9 Å². The number of pyridine rings is 1. The second-order valence-corrected chi connectivity index (χ2v) is 5.59. The third kappa shape index (κ3) is 4.71. The summed E-state index contributed by atoms with van der Waals surface area (Å²) in [5.74, 6) is -0.0716. The summed E-state index contributed by atoms with van der Waals surface area (Å²) in [5, 5.41) is 7.30. The van der Waals surface area contributed by atoms with E-state index in [0.717, 1.165) is 11.3 Å². The number of nitrogens with zero attached hydrogens (tertiary/aromatic N) is 4. The van der Waals surface area contributed by atoms with Crippen LogP contribution < -0.4 is 10.1 Å². The number of halogens is 3. The van der Waals surface area contributed by atoms with E-state index in [2.05, 4.69) is 25.1 Å². The number of hydrogen-bond donors (Lipinski definition) is 1. The van der Waals surface area contributed by atoms with Gasteiger partial charge in [0.1, 0.15) is 12.7 Å². The van der Waals surface area contributed by atoms with Gasteiger partial charge in [-0.15, -0.1) is 0 Å². The molecule has 0 saturated heterocycles. The van der Waals surface area contributed by atoms with Gasteiger partial charge >= 0.3 is 6.18 Å². The molecule has 0 aliphatic carbocycles. The molecule has 26 heavy (non-hydrogen) atoms. The largest absolute Gasteiger partial charge is 0.468 e. The van der Waals surface area contributed by atoms with Gasteiger partial charge in [-0.2, -0.15) is 18.3 Å². The molecule has 0 radical (unpaired) electrons. The number of nitrogens with one attached hydrogen (secondary N) is 1. The maximum absolute atomic E-state index is 12.1. The summed E-state index contributed by atoms with van der Waals surface area (Å²) in [5.41, 5.74) is 2.61. The van der Waals surface area contributed by atoms with E-state index in [4.69, 9.17) is 0 Å². The van der Waals surface area contributed by atoms with Crippen molar-refractivity contribution in [2.45, 2.75) is 19.1 Å². The quantitative estimate of drug-likeness (QED) is 0.722. The van der Waals surface area contributed by atoms with Crippen LogP contribution in [0.1, 0.15) is 18.5 Å². The van der Waals surface area contributed by atoms with Crippen LogP contribution in [0, 0.1) is 0 Å². The van der Waals surface area contributed by atoms with Crippen LogP contribution in [-0.4, -0.2) is 32.5 Å². The lowest BCUT2D eigenvalue weighted by molar-refractivity contribution is -0.154. The molecule has 9 heteroatoms. The third-order valence-electron chi connectivity index (χ3n) is 3.58. The minimum Gasteiger partial charge on any atom is -0.468 e. The summed E-state index contributed by atoms with van der Waals surface area (Å²) in [4.78, 5) is 7.78. The van der Waals surface area contributed by atoms with Gasteiger partial charge in [0.05, 0.1) is 17.6 Å². The molecule has 1 unspecified atom stereocenters. The molecule has 0 aliphatic heterocycles. The zero-order valence-corrected chi connectivity index (χ0v) is 13.8. The molecule has 1 aromatic carbocycles. The third-order valence-corrected chi connectivity index (χ3v) is 3.58. The van der Waals surface area contributed by atoms with Crippen LogP contribution in [0.3, 0.4) is 0 Å². The van der Waals surface area contributed by atoms with E-state index in [1.165, 1.54) is 18.6 Å². The first kappa shape index (κ1) is 17.7. The van der Waals surface area contributed by atoms with Gasteiger partial charge in [0.2, 0.25) is 5.88 Å². The van der Waals surface area contributed by atoms with Gasteiger partial charge < -0.3 is 10.1 Å². The number of rotatable bonds is 6. The van der Waals surface area contributed by atoms with Crippen molar-refractivity contribution in [2.24, 2.45) is 0 Å². The van der Waals surface area contributed by atoms with Gasteiger partial charge in [-0.3, -0.25) is 0 Å². The highest BCUT2D eigenvalue weighted by Crippen LogP contribution is 2.22. The Kier molecular flexibility index (Phi) is 5.06. The second kappa shape index (κ2) is 7.42. The van der Waals surface area contributed by atoms with E-state index in [1.54, 1.807) is 17.1 Å². The second-order valence-electron chi connectivity index (χ2n) is 5.59. The zero-order chi connectivity index (χ0) is 18.6. The Bertz CT molecular complexity index is 817. The van der Waals surface area contributed by atoms with E-state index in [9.17, 15) is 13.2 Å². The van der Waals surface area contributed by atoms with Crippen LogP contribution in [0.4, 0.5) is 18.9 Å². The average Bonchev–Trinajstić information content (AvgIpc) is 3.15. The zero-order valence-electron chi connectivity index (χ0n) is 13.8. The van der Waals surface area contributed by atoms with Crippen molar-refractivity contribution in [3.63, 3.8) is 0 Å². The van der Waals surface area contributed by atoms with Gasteiger partial charge in [-0.25, -0.2) is 14.6 Å². The van der Waals surface area contributed by atoms with Gasteiger partial charge in [0.15, 0.2) is 6.61 Å². The lowest BCUT2D eigenvalue weighted by atomic mass is 10.1. The summed E-state index contributed by atoms with van der Waals surface area (Å²) in [6.45, 7) is 0.611.